The van der Waals surface area contributed by atoms with Gasteiger partial charge in [0.25, 0.3) is 11.5 Å². The van der Waals surface area contributed by atoms with E-state index in [1.54, 1.807) is 0 Å². The summed E-state index contributed by atoms with van der Waals surface area (Å²) in [5.41, 5.74) is 0.362. The second-order valence-corrected chi connectivity index (χ2v) is 8.24. The number of ether oxygens (including phenoxy) is 1. The highest BCUT2D eigenvalue weighted by Crippen LogP contribution is 2.27. The fraction of sp³-hybridized carbons (Fsp3) is 0.286. The Morgan fingerprint density at radius 3 is 2.57 bits per heavy atom. The van der Waals surface area contributed by atoms with E-state index in [-0.39, 0.29) is 27.7 Å². The SMILES string of the molecule is CNC(CN(C)C(=O)c1cc(Cc2c[nH]c(=O)c3cc(Cl)c(Cl)n23)ccc1F)OC(=O)C(F)(F)F. The highest BCUT2D eigenvalue weighted by atomic mass is 35.5. The first-order chi connectivity index (χ1) is 16.3. The third kappa shape index (κ3) is 5.77. The number of hydrogen-bond acceptors (Lipinski definition) is 5. The molecule has 0 bridgehead atoms. The van der Waals surface area contributed by atoms with Gasteiger partial charge in [0.2, 0.25) is 0 Å². The van der Waals surface area contributed by atoms with Crippen LogP contribution in [0, 0.1) is 5.82 Å². The number of halogens is 6. The van der Waals surface area contributed by atoms with Gasteiger partial charge in [-0.3, -0.25) is 19.3 Å². The maximum atomic E-state index is 14.5. The highest BCUT2D eigenvalue weighted by molar-refractivity contribution is 6.42. The van der Waals surface area contributed by atoms with Gasteiger partial charge >= 0.3 is 12.1 Å². The molecule has 0 aliphatic carbocycles. The van der Waals surface area contributed by atoms with Crippen molar-refractivity contribution in [1.29, 1.82) is 0 Å². The van der Waals surface area contributed by atoms with Crippen molar-refractivity contribution in [2.24, 2.45) is 0 Å². The van der Waals surface area contributed by atoms with Crippen molar-refractivity contribution < 1.29 is 31.9 Å². The number of benzene rings is 1. The summed E-state index contributed by atoms with van der Waals surface area (Å²) in [4.78, 5) is 39.4. The Hall–Kier alpha value is -3.09. The number of likely N-dealkylation sites (N-methyl/N-ethyl adjacent to an activating group) is 2. The number of rotatable bonds is 7. The van der Waals surface area contributed by atoms with Gasteiger partial charge in [0, 0.05) is 25.4 Å². The molecule has 2 N–H and O–H groups in total. The third-order valence-electron chi connectivity index (χ3n) is 5.02. The topological polar surface area (TPSA) is 95.9 Å². The predicted octanol–water partition coefficient (Wildman–Crippen LogP) is 3.39. The monoisotopic (exact) mass is 536 g/mol. The van der Waals surface area contributed by atoms with E-state index >= 15 is 0 Å². The average molecular weight is 537 g/mol. The van der Waals surface area contributed by atoms with Crippen LogP contribution in [0.25, 0.3) is 5.52 Å². The lowest BCUT2D eigenvalue weighted by Crippen LogP contribution is -2.45. The van der Waals surface area contributed by atoms with Crippen LogP contribution in [0.3, 0.4) is 0 Å². The molecule has 0 radical (unpaired) electrons. The van der Waals surface area contributed by atoms with E-state index in [9.17, 15) is 31.9 Å². The summed E-state index contributed by atoms with van der Waals surface area (Å²) < 4.78 is 57.6. The molecular weight excluding hydrogens is 519 g/mol. The number of hydrogen-bond donors (Lipinski definition) is 2. The van der Waals surface area contributed by atoms with Crippen molar-refractivity contribution in [3.8, 4) is 0 Å². The number of fused-ring (bicyclic) bond motifs is 1. The first-order valence-corrected chi connectivity index (χ1v) is 10.6. The zero-order chi connectivity index (χ0) is 26.1. The summed E-state index contributed by atoms with van der Waals surface area (Å²) in [6.45, 7) is -0.487. The Balaban J connectivity index is 1.84. The maximum Gasteiger partial charge on any atom is 0.490 e. The van der Waals surface area contributed by atoms with E-state index in [4.69, 9.17) is 23.2 Å². The van der Waals surface area contributed by atoms with Crippen molar-refractivity contribution in [3.63, 3.8) is 0 Å². The minimum Gasteiger partial charge on any atom is -0.438 e. The lowest BCUT2D eigenvalue weighted by Gasteiger charge is -2.24. The maximum absolute atomic E-state index is 14.5. The summed E-state index contributed by atoms with van der Waals surface area (Å²) >= 11 is 12.2. The molecule has 188 valence electrons. The Kier molecular flexibility index (Phi) is 7.77. The number of nitrogens with one attached hydrogen (secondary N) is 2. The van der Waals surface area contributed by atoms with Crippen LogP contribution in [0.15, 0.2) is 35.3 Å². The van der Waals surface area contributed by atoms with Gasteiger partial charge in [0.1, 0.15) is 16.5 Å². The number of aromatic amines is 1. The fourth-order valence-electron chi connectivity index (χ4n) is 3.30. The van der Waals surface area contributed by atoms with Crippen molar-refractivity contribution in [3.05, 3.63) is 73.6 Å². The first-order valence-electron chi connectivity index (χ1n) is 9.89. The molecule has 35 heavy (non-hydrogen) atoms. The van der Waals surface area contributed by atoms with Gasteiger partial charge in [-0.25, -0.2) is 9.18 Å². The predicted molar refractivity (Wildman–Crippen MR) is 119 cm³/mol. The van der Waals surface area contributed by atoms with Crippen LogP contribution in [0.4, 0.5) is 17.6 Å². The molecule has 3 rings (SSSR count). The summed E-state index contributed by atoms with van der Waals surface area (Å²) in [6.07, 6.45) is -5.18. The average Bonchev–Trinajstić information content (AvgIpc) is 3.10. The second kappa shape index (κ2) is 10.3. The number of carbonyl (C=O) groups is 2. The Bertz CT molecular complexity index is 1340. The Morgan fingerprint density at radius 1 is 1.26 bits per heavy atom. The van der Waals surface area contributed by atoms with E-state index in [0.717, 1.165) is 11.0 Å². The normalized spacial score (nSPS) is 12.6. The molecule has 1 aromatic carbocycles. The number of amides is 1. The molecule has 0 spiro atoms. The Morgan fingerprint density at radius 2 is 1.94 bits per heavy atom. The number of alkyl halides is 3. The molecule has 2 heterocycles. The van der Waals surface area contributed by atoms with Gasteiger partial charge < -0.3 is 14.6 Å². The van der Waals surface area contributed by atoms with Crippen LogP contribution >= 0.6 is 23.2 Å². The molecule has 1 unspecified atom stereocenters. The molecule has 0 saturated heterocycles. The molecule has 1 atom stereocenters. The number of carbonyl (C=O) groups excluding carboxylic acids is 2. The molecule has 3 aromatic rings. The number of aromatic nitrogens is 2. The van der Waals surface area contributed by atoms with Crippen LogP contribution in [0.5, 0.6) is 0 Å². The van der Waals surface area contributed by atoms with Gasteiger partial charge in [0.05, 0.1) is 17.1 Å². The molecule has 1 amide bonds. The van der Waals surface area contributed by atoms with Crippen LogP contribution in [-0.4, -0.2) is 59.2 Å². The highest BCUT2D eigenvalue weighted by Gasteiger charge is 2.42. The van der Waals surface area contributed by atoms with Crippen molar-refractivity contribution in [2.75, 3.05) is 20.6 Å². The van der Waals surface area contributed by atoms with E-state index in [1.165, 1.54) is 42.9 Å². The molecule has 0 fully saturated rings. The second-order valence-electron chi connectivity index (χ2n) is 7.47. The molecule has 14 heteroatoms. The number of nitrogens with zero attached hydrogens (tertiary/aromatic N) is 2. The minimum atomic E-state index is -5.21. The zero-order valence-electron chi connectivity index (χ0n) is 18.2. The summed E-state index contributed by atoms with van der Waals surface area (Å²) in [5, 5.41) is 2.61. The lowest BCUT2D eigenvalue weighted by molar-refractivity contribution is -0.206. The molecule has 0 saturated carbocycles. The smallest absolute Gasteiger partial charge is 0.438 e. The van der Waals surface area contributed by atoms with Gasteiger partial charge in [-0.05, 0) is 30.8 Å². The summed E-state index contributed by atoms with van der Waals surface area (Å²) in [5.74, 6) is -4.16. The van der Waals surface area contributed by atoms with E-state index < -0.39 is 42.2 Å². The van der Waals surface area contributed by atoms with Gasteiger partial charge in [0.15, 0.2) is 6.23 Å². The van der Waals surface area contributed by atoms with E-state index in [2.05, 4.69) is 15.0 Å². The molecular formula is C21H18Cl2F4N4O4. The zero-order valence-corrected chi connectivity index (χ0v) is 19.7. The number of esters is 1. The summed E-state index contributed by atoms with van der Waals surface area (Å²) in [6, 6.07) is 5.14. The molecule has 0 aliphatic rings. The van der Waals surface area contributed by atoms with E-state index in [1.807, 2.05) is 0 Å². The standard InChI is InChI=1S/C21H18Cl2F4N4O4/c1-28-16(35-20(34)21(25,26)27)9-30(2)19(33)12-6-10(3-4-14(12)24)5-11-8-29-18(32)15-7-13(22)17(23)31(11)15/h3-4,6-8,16,28H,5,9H2,1-2H3,(H,29,32). The first kappa shape index (κ1) is 26.5. The third-order valence-corrected chi connectivity index (χ3v) is 5.78. The quantitative estimate of drug-likeness (QED) is 0.274. The van der Waals surface area contributed by atoms with Crippen LogP contribution in [0.1, 0.15) is 21.6 Å². The van der Waals surface area contributed by atoms with Crippen molar-refractivity contribution >= 4 is 40.6 Å². The molecule has 2 aromatic heterocycles. The van der Waals surface area contributed by atoms with Gasteiger partial charge in [-0.1, -0.05) is 29.3 Å². The van der Waals surface area contributed by atoms with Crippen LogP contribution in [0.2, 0.25) is 10.2 Å². The summed E-state index contributed by atoms with van der Waals surface area (Å²) in [7, 11) is 2.45. The van der Waals surface area contributed by atoms with Gasteiger partial charge in [-0.2, -0.15) is 13.2 Å². The number of H-pyrrole nitrogens is 1. The molecule has 0 aliphatic heterocycles. The molecule has 8 nitrogen and oxygen atoms in total. The van der Waals surface area contributed by atoms with Crippen LogP contribution in [-0.2, 0) is 16.0 Å². The van der Waals surface area contributed by atoms with E-state index in [0.29, 0.717) is 11.3 Å². The van der Waals surface area contributed by atoms with Crippen LogP contribution < -0.4 is 10.9 Å². The largest absolute Gasteiger partial charge is 0.490 e. The van der Waals surface area contributed by atoms with Gasteiger partial charge in [-0.15, -0.1) is 0 Å². The minimum absolute atomic E-state index is 0.104. The lowest BCUT2D eigenvalue weighted by atomic mass is 10.0. The Labute approximate surface area is 205 Å². The van der Waals surface area contributed by atoms with Crippen molar-refractivity contribution in [2.45, 2.75) is 18.8 Å². The van der Waals surface area contributed by atoms with Crippen molar-refractivity contribution in [1.82, 2.24) is 19.6 Å². The fourth-order valence-corrected chi connectivity index (χ4v) is 3.74.